The summed E-state index contributed by atoms with van der Waals surface area (Å²) in [6.45, 7) is 0. The molecular formula is C27H17Cl2NO4. The molecule has 1 fully saturated rings. The Morgan fingerprint density at radius 2 is 1.50 bits per heavy atom. The molecule has 0 bridgehead atoms. The van der Waals surface area contributed by atoms with Crippen molar-refractivity contribution in [2.75, 3.05) is 4.90 Å². The summed E-state index contributed by atoms with van der Waals surface area (Å²) in [5.74, 6) is -2.05. The number of aromatic hydroxyl groups is 1. The van der Waals surface area contributed by atoms with Crippen molar-refractivity contribution in [3.63, 3.8) is 0 Å². The summed E-state index contributed by atoms with van der Waals surface area (Å²) in [5, 5.41) is 23.8. The van der Waals surface area contributed by atoms with E-state index in [1.165, 1.54) is 35.2 Å². The van der Waals surface area contributed by atoms with Gasteiger partial charge in [0, 0.05) is 21.3 Å². The van der Waals surface area contributed by atoms with Gasteiger partial charge in [-0.3, -0.25) is 14.5 Å². The highest BCUT2D eigenvalue weighted by molar-refractivity contribution is 6.52. The molecule has 168 valence electrons. The van der Waals surface area contributed by atoms with E-state index in [1.807, 2.05) is 30.3 Å². The van der Waals surface area contributed by atoms with Crippen LogP contribution in [0.1, 0.15) is 17.2 Å². The number of hydrogen-bond acceptors (Lipinski definition) is 4. The summed E-state index contributed by atoms with van der Waals surface area (Å²) in [6.07, 6.45) is 0. The van der Waals surface area contributed by atoms with E-state index in [2.05, 4.69) is 0 Å². The Kier molecular flexibility index (Phi) is 5.52. The number of carbonyl (C=O) groups is 2. The van der Waals surface area contributed by atoms with E-state index < -0.39 is 17.7 Å². The van der Waals surface area contributed by atoms with Gasteiger partial charge in [0.05, 0.1) is 11.6 Å². The van der Waals surface area contributed by atoms with Crippen LogP contribution in [0.2, 0.25) is 10.0 Å². The lowest BCUT2D eigenvalue weighted by atomic mass is 9.94. The molecule has 1 saturated heterocycles. The molecule has 0 radical (unpaired) electrons. The van der Waals surface area contributed by atoms with E-state index in [0.29, 0.717) is 16.8 Å². The molecule has 1 unspecified atom stereocenters. The fourth-order valence-corrected chi connectivity index (χ4v) is 4.79. The predicted molar refractivity (Wildman–Crippen MR) is 133 cm³/mol. The van der Waals surface area contributed by atoms with Crippen LogP contribution in [-0.2, 0) is 9.59 Å². The zero-order valence-electron chi connectivity index (χ0n) is 17.6. The highest BCUT2D eigenvalue weighted by Crippen LogP contribution is 2.44. The van der Waals surface area contributed by atoms with Crippen molar-refractivity contribution in [3.05, 3.63) is 112 Å². The van der Waals surface area contributed by atoms with Crippen LogP contribution in [0.15, 0.2) is 90.5 Å². The summed E-state index contributed by atoms with van der Waals surface area (Å²) in [7, 11) is 0. The third-order valence-corrected chi connectivity index (χ3v) is 6.22. The first-order valence-corrected chi connectivity index (χ1v) is 11.1. The van der Waals surface area contributed by atoms with Crippen LogP contribution in [0.4, 0.5) is 5.69 Å². The van der Waals surface area contributed by atoms with Crippen LogP contribution in [0.3, 0.4) is 0 Å². The largest absolute Gasteiger partial charge is 0.508 e. The maximum absolute atomic E-state index is 13.3. The standard InChI is InChI=1S/C27H17Cl2NO4/c28-19-12-20(29)14-21(13-19)30-24(17-6-3-7-22(31)11-17)23(26(33)27(30)34)25(32)18-9-8-15-4-1-2-5-16(15)10-18/h1-14,24,31-32H/b25-23-. The molecule has 0 aromatic heterocycles. The number of rotatable bonds is 3. The van der Waals surface area contributed by atoms with Gasteiger partial charge in [-0.1, -0.05) is 71.7 Å². The van der Waals surface area contributed by atoms with Crippen molar-refractivity contribution in [1.29, 1.82) is 0 Å². The van der Waals surface area contributed by atoms with Gasteiger partial charge in [0.1, 0.15) is 11.5 Å². The summed E-state index contributed by atoms with van der Waals surface area (Å²) in [5.41, 5.74) is 1.04. The predicted octanol–water partition coefficient (Wildman–Crippen LogP) is 6.48. The van der Waals surface area contributed by atoms with Crippen LogP contribution < -0.4 is 4.90 Å². The number of halogens is 2. The van der Waals surface area contributed by atoms with Crippen LogP contribution in [0, 0.1) is 0 Å². The van der Waals surface area contributed by atoms with Crippen molar-refractivity contribution in [2.24, 2.45) is 0 Å². The molecule has 2 N–H and O–H groups in total. The molecule has 34 heavy (non-hydrogen) atoms. The van der Waals surface area contributed by atoms with E-state index in [0.717, 1.165) is 10.8 Å². The number of Topliss-reactive ketones (excluding diaryl/α,β-unsaturated/α-hetero) is 1. The van der Waals surface area contributed by atoms with Crippen molar-refractivity contribution in [2.45, 2.75) is 6.04 Å². The number of phenols is 1. The number of fused-ring (bicyclic) bond motifs is 1. The molecule has 5 nitrogen and oxygen atoms in total. The van der Waals surface area contributed by atoms with Crippen LogP contribution in [0.5, 0.6) is 5.75 Å². The fourth-order valence-electron chi connectivity index (χ4n) is 4.28. The number of hydrogen-bond donors (Lipinski definition) is 2. The van der Waals surface area contributed by atoms with E-state index in [1.54, 1.807) is 24.3 Å². The molecule has 0 saturated carbocycles. The lowest BCUT2D eigenvalue weighted by Crippen LogP contribution is -2.29. The summed E-state index contributed by atoms with van der Waals surface area (Å²) < 4.78 is 0. The molecule has 1 atom stereocenters. The molecule has 0 spiro atoms. The average molecular weight is 490 g/mol. The van der Waals surface area contributed by atoms with E-state index >= 15 is 0 Å². The molecule has 1 amide bonds. The molecule has 7 heteroatoms. The SMILES string of the molecule is O=C1C(=O)N(c2cc(Cl)cc(Cl)c2)C(c2cccc(O)c2)/C1=C(/O)c1ccc2ccccc2c1. The van der Waals surface area contributed by atoms with Crippen molar-refractivity contribution >= 4 is 57.1 Å². The molecule has 0 aliphatic carbocycles. The Morgan fingerprint density at radius 1 is 0.794 bits per heavy atom. The minimum absolute atomic E-state index is 0.0436. The number of aliphatic hydroxyl groups is 1. The first kappa shape index (κ1) is 22.0. The third-order valence-electron chi connectivity index (χ3n) is 5.78. The monoisotopic (exact) mass is 489 g/mol. The smallest absolute Gasteiger partial charge is 0.300 e. The lowest BCUT2D eigenvalue weighted by molar-refractivity contribution is -0.132. The molecular weight excluding hydrogens is 473 g/mol. The zero-order chi connectivity index (χ0) is 24.0. The Morgan fingerprint density at radius 3 is 2.21 bits per heavy atom. The van der Waals surface area contributed by atoms with Gasteiger partial charge in [0.15, 0.2) is 0 Å². The Bertz CT molecular complexity index is 1490. The number of amides is 1. The third kappa shape index (κ3) is 3.79. The molecule has 1 aliphatic heterocycles. The van der Waals surface area contributed by atoms with Gasteiger partial charge in [0.2, 0.25) is 0 Å². The quantitative estimate of drug-likeness (QED) is 0.196. The van der Waals surface area contributed by atoms with Gasteiger partial charge in [-0.15, -0.1) is 0 Å². The highest BCUT2D eigenvalue weighted by Gasteiger charge is 2.47. The van der Waals surface area contributed by atoms with Crippen LogP contribution in [-0.4, -0.2) is 21.9 Å². The topological polar surface area (TPSA) is 77.8 Å². The van der Waals surface area contributed by atoms with Gasteiger partial charge in [-0.2, -0.15) is 0 Å². The highest BCUT2D eigenvalue weighted by atomic mass is 35.5. The lowest BCUT2D eigenvalue weighted by Gasteiger charge is -2.26. The van der Waals surface area contributed by atoms with Crippen LogP contribution >= 0.6 is 23.2 Å². The van der Waals surface area contributed by atoms with Gasteiger partial charge in [0.25, 0.3) is 11.7 Å². The van der Waals surface area contributed by atoms with E-state index in [9.17, 15) is 19.8 Å². The number of benzene rings is 4. The number of ketones is 1. The minimum Gasteiger partial charge on any atom is -0.508 e. The number of anilines is 1. The summed E-state index contributed by atoms with van der Waals surface area (Å²) in [4.78, 5) is 27.7. The first-order valence-electron chi connectivity index (χ1n) is 10.4. The normalized spacial score (nSPS) is 17.5. The van der Waals surface area contributed by atoms with Gasteiger partial charge in [-0.05, 0) is 52.7 Å². The zero-order valence-corrected chi connectivity index (χ0v) is 19.1. The van der Waals surface area contributed by atoms with E-state index in [-0.39, 0.29) is 27.1 Å². The second-order valence-corrected chi connectivity index (χ2v) is 8.83. The van der Waals surface area contributed by atoms with E-state index in [4.69, 9.17) is 23.2 Å². The maximum atomic E-state index is 13.3. The second-order valence-electron chi connectivity index (χ2n) is 7.95. The first-order chi connectivity index (χ1) is 16.3. The fraction of sp³-hybridized carbons (Fsp3) is 0.0370. The Labute approximate surface area is 205 Å². The number of phenolic OH excluding ortho intramolecular Hbond substituents is 1. The van der Waals surface area contributed by atoms with Crippen molar-refractivity contribution < 1.29 is 19.8 Å². The number of nitrogens with zero attached hydrogens (tertiary/aromatic N) is 1. The van der Waals surface area contributed by atoms with Crippen molar-refractivity contribution in [3.8, 4) is 5.75 Å². The van der Waals surface area contributed by atoms with Crippen molar-refractivity contribution in [1.82, 2.24) is 0 Å². The summed E-state index contributed by atoms with van der Waals surface area (Å²) >= 11 is 12.3. The molecule has 1 heterocycles. The summed E-state index contributed by atoms with van der Waals surface area (Å²) in [6, 6.07) is 22.7. The molecule has 4 aromatic carbocycles. The minimum atomic E-state index is -1.01. The molecule has 4 aromatic rings. The van der Waals surface area contributed by atoms with Gasteiger partial charge < -0.3 is 10.2 Å². The Balaban J connectivity index is 1.75. The average Bonchev–Trinajstić information content (AvgIpc) is 3.08. The van der Waals surface area contributed by atoms with Gasteiger partial charge in [-0.25, -0.2) is 0 Å². The van der Waals surface area contributed by atoms with Gasteiger partial charge >= 0.3 is 0 Å². The maximum Gasteiger partial charge on any atom is 0.300 e. The molecule has 5 rings (SSSR count). The van der Waals surface area contributed by atoms with Crippen LogP contribution in [0.25, 0.3) is 16.5 Å². The number of carbonyl (C=O) groups excluding carboxylic acids is 2. The molecule has 1 aliphatic rings. The number of aliphatic hydroxyl groups excluding tert-OH is 1. The second kappa shape index (κ2) is 8.52. The Hall–Kier alpha value is -3.80.